The van der Waals surface area contributed by atoms with Crippen molar-refractivity contribution in [2.24, 2.45) is 0 Å². The highest BCUT2D eigenvalue weighted by Crippen LogP contribution is 2.25. The minimum absolute atomic E-state index is 0.237. The molecule has 24 heavy (non-hydrogen) atoms. The Kier molecular flexibility index (Phi) is 5.23. The Morgan fingerprint density at radius 1 is 1.04 bits per heavy atom. The molecule has 0 radical (unpaired) electrons. The summed E-state index contributed by atoms with van der Waals surface area (Å²) in [6.45, 7) is 2.90. The third-order valence-electron chi connectivity index (χ3n) is 3.83. The van der Waals surface area contributed by atoms with Crippen molar-refractivity contribution in [3.63, 3.8) is 0 Å². The van der Waals surface area contributed by atoms with Crippen LogP contribution in [0.4, 0.5) is 0 Å². The Morgan fingerprint density at radius 3 is 2.58 bits per heavy atom. The molecule has 0 aliphatic rings. The van der Waals surface area contributed by atoms with Crippen LogP contribution in [0.25, 0.3) is 11.0 Å². The molecule has 0 saturated carbocycles. The first kappa shape index (κ1) is 17.0. The number of rotatable bonds is 7. The Balaban J connectivity index is 2.00. The number of sulfonamides is 1. The molecule has 0 amide bonds. The largest absolute Gasteiger partial charge is 0.245 e. The Labute approximate surface area is 146 Å². The van der Waals surface area contributed by atoms with Crippen molar-refractivity contribution < 1.29 is 8.42 Å². The number of aromatic nitrogens is 2. The van der Waals surface area contributed by atoms with Gasteiger partial charge in [0.25, 0.3) is 0 Å². The van der Waals surface area contributed by atoms with Gasteiger partial charge in [0, 0.05) is 13.1 Å². The maximum atomic E-state index is 13.2. The molecule has 7 heteroatoms. The molecule has 3 rings (SSSR count). The monoisotopic (exact) mass is 361 g/mol. The van der Waals surface area contributed by atoms with Crippen LogP contribution in [-0.2, 0) is 16.6 Å². The number of benzene rings is 2. The van der Waals surface area contributed by atoms with E-state index in [2.05, 4.69) is 15.7 Å². The minimum atomic E-state index is -3.63. The molecule has 126 valence electrons. The van der Waals surface area contributed by atoms with Gasteiger partial charge in [0.05, 0.1) is 11.7 Å². The SMILES string of the molecule is CCCCN(Cc1ccccc1)S(=O)(=O)c1cccc2nsnc12. The lowest BCUT2D eigenvalue weighted by Crippen LogP contribution is -2.31. The Hall–Kier alpha value is -1.83. The van der Waals surface area contributed by atoms with Gasteiger partial charge in [0.2, 0.25) is 10.0 Å². The summed E-state index contributed by atoms with van der Waals surface area (Å²) < 4.78 is 36.3. The Bertz CT molecular complexity index is 908. The van der Waals surface area contributed by atoms with Crippen molar-refractivity contribution in [1.82, 2.24) is 13.1 Å². The lowest BCUT2D eigenvalue weighted by molar-refractivity contribution is 0.398. The van der Waals surface area contributed by atoms with Gasteiger partial charge in [-0.25, -0.2) is 8.42 Å². The van der Waals surface area contributed by atoms with E-state index >= 15 is 0 Å². The van der Waals surface area contributed by atoms with Gasteiger partial charge in [-0.3, -0.25) is 0 Å². The molecular weight excluding hydrogens is 342 g/mol. The molecule has 0 N–H and O–H groups in total. The zero-order valence-corrected chi connectivity index (χ0v) is 15.1. The lowest BCUT2D eigenvalue weighted by atomic mass is 10.2. The first-order chi connectivity index (χ1) is 11.6. The predicted molar refractivity (Wildman–Crippen MR) is 96.4 cm³/mol. The van der Waals surface area contributed by atoms with Gasteiger partial charge in [-0.15, -0.1) is 0 Å². The van der Waals surface area contributed by atoms with Crippen LogP contribution < -0.4 is 0 Å². The second-order valence-electron chi connectivity index (χ2n) is 5.57. The van der Waals surface area contributed by atoms with Gasteiger partial charge in [0.15, 0.2) is 0 Å². The summed E-state index contributed by atoms with van der Waals surface area (Å²) in [7, 11) is -3.63. The van der Waals surface area contributed by atoms with E-state index in [1.807, 2.05) is 30.3 Å². The summed E-state index contributed by atoms with van der Waals surface area (Å²) in [5.74, 6) is 0. The average molecular weight is 361 g/mol. The average Bonchev–Trinajstić information content (AvgIpc) is 3.07. The van der Waals surface area contributed by atoms with E-state index in [-0.39, 0.29) is 4.90 Å². The zero-order valence-electron chi connectivity index (χ0n) is 13.4. The van der Waals surface area contributed by atoms with Crippen molar-refractivity contribution in [2.45, 2.75) is 31.2 Å². The normalized spacial score (nSPS) is 12.1. The summed E-state index contributed by atoms with van der Waals surface area (Å²) in [5.41, 5.74) is 2.05. The van der Waals surface area contributed by atoms with E-state index in [1.54, 1.807) is 22.5 Å². The summed E-state index contributed by atoms with van der Waals surface area (Å²) in [6, 6.07) is 14.8. The molecule has 1 aromatic heterocycles. The standard InChI is InChI=1S/C17H19N3O2S2/c1-2-3-12-20(13-14-8-5-4-6-9-14)24(21,22)16-11-7-10-15-17(16)19-23-18-15/h4-11H,2-3,12-13H2,1H3. The second-order valence-corrected chi connectivity index (χ2v) is 8.00. The molecule has 0 fully saturated rings. The molecule has 0 saturated heterocycles. The molecule has 0 aliphatic carbocycles. The molecule has 0 spiro atoms. The molecular formula is C17H19N3O2S2. The molecule has 1 heterocycles. The summed E-state index contributed by atoms with van der Waals surface area (Å²) in [5, 5.41) is 0. The number of nitrogens with zero attached hydrogens (tertiary/aromatic N) is 3. The van der Waals surface area contributed by atoms with Gasteiger partial charge in [-0.2, -0.15) is 13.1 Å². The van der Waals surface area contributed by atoms with Gasteiger partial charge in [-0.05, 0) is 24.1 Å². The maximum absolute atomic E-state index is 13.2. The first-order valence-electron chi connectivity index (χ1n) is 7.88. The molecule has 0 atom stereocenters. The fourth-order valence-corrected chi connectivity index (χ4v) is 4.75. The number of hydrogen-bond donors (Lipinski definition) is 0. The highest BCUT2D eigenvalue weighted by molar-refractivity contribution is 7.89. The first-order valence-corrected chi connectivity index (χ1v) is 10.1. The zero-order chi connectivity index (χ0) is 17.0. The van der Waals surface area contributed by atoms with E-state index in [0.717, 1.165) is 30.1 Å². The van der Waals surface area contributed by atoms with Crippen LogP contribution in [-0.4, -0.2) is 28.0 Å². The summed E-state index contributed by atoms with van der Waals surface area (Å²) >= 11 is 1.03. The Morgan fingerprint density at radius 2 is 1.83 bits per heavy atom. The van der Waals surface area contributed by atoms with Gasteiger partial charge in [-0.1, -0.05) is 49.7 Å². The van der Waals surface area contributed by atoms with E-state index in [4.69, 9.17) is 0 Å². The molecule has 2 aromatic carbocycles. The fraction of sp³-hybridized carbons (Fsp3) is 0.294. The molecule has 0 aliphatic heterocycles. The van der Waals surface area contributed by atoms with Crippen molar-refractivity contribution in [1.29, 1.82) is 0 Å². The van der Waals surface area contributed by atoms with Crippen LogP contribution in [0, 0.1) is 0 Å². The third-order valence-corrected chi connectivity index (χ3v) is 6.25. The van der Waals surface area contributed by atoms with Crippen LogP contribution in [0.3, 0.4) is 0 Å². The topological polar surface area (TPSA) is 63.2 Å². The maximum Gasteiger partial charge on any atom is 0.245 e. The number of fused-ring (bicyclic) bond motifs is 1. The van der Waals surface area contributed by atoms with Gasteiger partial charge < -0.3 is 0 Å². The molecule has 0 bridgehead atoms. The molecule has 5 nitrogen and oxygen atoms in total. The van der Waals surface area contributed by atoms with E-state index < -0.39 is 10.0 Å². The van der Waals surface area contributed by atoms with Crippen molar-refractivity contribution >= 4 is 32.8 Å². The van der Waals surface area contributed by atoms with Crippen molar-refractivity contribution in [3.8, 4) is 0 Å². The van der Waals surface area contributed by atoms with Crippen molar-refractivity contribution in [3.05, 3.63) is 54.1 Å². The van der Waals surface area contributed by atoms with E-state index in [0.29, 0.717) is 24.1 Å². The van der Waals surface area contributed by atoms with E-state index in [9.17, 15) is 8.42 Å². The van der Waals surface area contributed by atoms with Crippen LogP contribution in [0.1, 0.15) is 25.3 Å². The molecule has 0 unspecified atom stereocenters. The number of unbranched alkanes of at least 4 members (excludes halogenated alkanes) is 1. The highest BCUT2D eigenvalue weighted by Gasteiger charge is 2.27. The highest BCUT2D eigenvalue weighted by atomic mass is 32.2. The quantitative estimate of drug-likeness (QED) is 0.644. The smallest absolute Gasteiger partial charge is 0.207 e. The van der Waals surface area contributed by atoms with Crippen LogP contribution >= 0.6 is 11.7 Å². The fourth-order valence-electron chi connectivity index (χ4n) is 2.53. The lowest BCUT2D eigenvalue weighted by Gasteiger charge is -2.22. The minimum Gasteiger partial charge on any atom is -0.207 e. The summed E-state index contributed by atoms with van der Waals surface area (Å²) in [4.78, 5) is 0.237. The van der Waals surface area contributed by atoms with Crippen molar-refractivity contribution in [2.75, 3.05) is 6.54 Å². The van der Waals surface area contributed by atoms with Gasteiger partial charge >= 0.3 is 0 Å². The van der Waals surface area contributed by atoms with Crippen LogP contribution in [0.5, 0.6) is 0 Å². The second kappa shape index (κ2) is 7.38. The van der Waals surface area contributed by atoms with Crippen LogP contribution in [0.15, 0.2) is 53.4 Å². The number of hydrogen-bond acceptors (Lipinski definition) is 5. The van der Waals surface area contributed by atoms with Gasteiger partial charge in [0.1, 0.15) is 15.9 Å². The molecule has 3 aromatic rings. The third kappa shape index (κ3) is 3.48. The predicted octanol–water partition coefficient (Wildman–Crippen LogP) is 3.68. The van der Waals surface area contributed by atoms with E-state index in [1.165, 1.54) is 0 Å². The van der Waals surface area contributed by atoms with Crippen LogP contribution in [0.2, 0.25) is 0 Å². The summed E-state index contributed by atoms with van der Waals surface area (Å²) in [6.07, 6.45) is 1.75.